The zero-order valence-corrected chi connectivity index (χ0v) is 18.0. The Balaban J connectivity index is 1.46. The molecule has 1 heterocycles. The molecule has 0 aliphatic carbocycles. The molecule has 29 heavy (non-hydrogen) atoms. The number of nitrogens with zero attached hydrogens (tertiary/aromatic N) is 1. The monoisotopic (exact) mass is 468 g/mol. The van der Waals surface area contributed by atoms with Gasteiger partial charge in [-0.3, -0.25) is 9.10 Å². The van der Waals surface area contributed by atoms with Gasteiger partial charge in [0.1, 0.15) is 0 Å². The number of hydrogen-bond donors (Lipinski definition) is 1. The molecule has 1 aliphatic heterocycles. The first-order chi connectivity index (χ1) is 13.8. The summed E-state index contributed by atoms with van der Waals surface area (Å²) in [6, 6.07) is 13.7. The topological polar surface area (TPSA) is 66.5 Å². The van der Waals surface area contributed by atoms with E-state index in [-0.39, 0.29) is 28.9 Å². The van der Waals surface area contributed by atoms with Gasteiger partial charge in [0.2, 0.25) is 5.91 Å². The Morgan fingerprint density at radius 3 is 2.41 bits per heavy atom. The Morgan fingerprint density at radius 1 is 0.966 bits per heavy atom. The van der Waals surface area contributed by atoms with Gasteiger partial charge >= 0.3 is 0 Å². The molecular weight excluding hydrogens is 455 g/mol. The largest absolute Gasteiger partial charge is 0.325 e. The Bertz CT molecular complexity index is 1240. The molecule has 1 aliphatic rings. The number of rotatable bonds is 5. The molecule has 1 N–H and O–H groups in total. The average molecular weight is 470 g/mol. The summed E-state index contributed by atoms with van der Waals surface area (Å²) in [6.07, 6.45) is 0.462. The van der Waals surface area contributed by atoms with Crippen molar-refractivity contribution in [3.8, 4) is 0 Å². The predicted octanol–water partition coefficient (Wildman–Crippen LogP) is 5.73. The Kier molecular flexibility index (Phi) is 5.38. The second-order valence-electron chi connectivity index (χ2n) is 6.61. The number of carbonyl (C=O) groups is 1. The van der Waals surface area contributed by atoms with Gasteiger partial charge in [-0.15, -0.1) is 0 Å². The van der Waals surface area contributed by atoms with Crippen molar-refractivity contribution in [2.24, 2.45) is 0 Å². The van der Waals surface area contributed by atoms with Gasteiger partial charge in [-0.1, -0.05) is 59.1 Å². The normalized spacial score (nSPS) is 14.4. The second-order valence-corrected chi connectivity index (χ2v) is 9.66. The van der Waals surface area contributed by atoms with Gasteiger partial charge in [-0.05, 0) is 36.1 Å². The van der Waals surface area contributed by atoms with Gasteiger partial charge in [0, 0.05) is 18.4 Å². The minimum absolute atomic E-state index is 0.120. The Hall–Kier alpha value is -1.99. The first kappa shape index (κ1) is 20.3. The highest BCUT2D eigenvalue weighted by Crippen LogP contribution is 2.42. The minimum atomic E-state index is -3.62. The number of amides is 1. The second kappa shape index (κ2) is 7.69. The van der Waals surface area contributed by atoms with E-state index in [2.05, 4.69) is 5.32 Å². The SMILES string of the molecule is O=C(CCCN1c2cccc3cccc(c23)S1(=O)=O)Nc1cc(Cl)c(Cl)cc1Cl. The molecule has 5 nitrogen and oxygen atoms in total. The summed E-state index contributed by atoms with van der Waals surface area (Å²) in [4.78, 5) is 12.6. The predicted molar refractivity (Wildman–Crippen MR) is 118 cm³/mol. The lowest BCUT2D eigenvalue weighted by Gasteiger charge is -2.18. The fraction of sp³-hybridized carbons (Fsp3) is 0.150. The van der Waals surface area contributed by atoms with E-state index in [1.54, 1.807) is 18.2 Å². The van der Waals surface area contributed by atoms with Crippen LogP contribution in [0.4, 0.5) is 11.4 Å². The summed E-state index contributed by atoms with van der Waals surface area (Å²) in [5.74, 6) is -0.294. The summed E-state index contributed by atoms with van der Waals surface area (Å²) >= 11 is 17.9. The average Bonchev–Trinajstić information content (AvgIpc) is 2.89. The van der Waals surface area contributed by atoms with Crippen LogP contribution in [0.2, 0.25) is 15.1 Å². The van der Waals surface area contributed by atoms with Gasteiger partial charge in [0.15, 0.2) is 0 Å². The lowest BCUT2D eigenvalue weighted by atomic mass is 10.1. The molecule has 0 spiro atoms. The van der Waals surface area contributed by atoms with Gasteiger partial charge in [0.25, 0.3) is 10.0 Å². The Labute approximate surface area is 183 Å². The van der Waals surface area contributed by atoms with Crippen LogP contribution in [0.15, 0.2) is 53.4 Å². The molecule has 150 valence electrons. The third kappa shape index (κ3) is 3.66. The zero-order chi connectivity index (χ0) is 20.8. The third-order valence-corrected chi connectivity index (χ3v) is 7.62. The van der Waals surface area contributed by atoms with Crippen LogP contribution >= 0.6 is 34.8 Å². The first-order valence-corrected chi connectivity index (χ1v) is 11.4. The molecule has 4 rings (SSSR count). The maximum atomic E-state index is 12.9. The van der Waals surface area contributed by atoms with Crippen LogP contribution in [0.3, 0.4) is 0 Å². The van der Waals surface area contributed by atoms with Crippen LogP contribution in [0.25, 0.3) is 10.8 Å². The van der Waals surface area contributed by atoms with E-state index in [0.717, 1.165) is 10.8 Å². The van der Waals surface area contributed by atoms with Crippen LogP contribution in [0.1, 0.15) is 12.8 Å². The third-order valence-electron chi connectivity index (χ3n) is 4.73. The molecule has 0 unspecified atom stereocenters. The molecule has 3 aromatic carbocycles. The van der Waals surface area contributed by atoms with E-state index in [9.17, 15) is 13.2 Å². The highest BCUT2D eigenvalue weighted by molar-refractivity contribution is 7.93. The van der Waals surface area contributed by atoms with Crippen molar-refractivity contribution in [1.29, 1.82) is 0 Å². The van der Waals surface area contributed by atoms with Crippen molar-refractivity contribution in [2.75, 3.05) is 16.2 Å². The van der Waals surface area contributed by atoms with Gasteiger partial charge in [-0.25, -0.2) is 8.42 Å². The molecule has 3 aromatic rings. The fourth-order valence-electron chi connectivity index (χ4n) is 3.41. The smallest absolute Gasteiger partial charge is 0.265 e. The lowest BCUT2D eigenvalue weighted by Crippen LogP contribution is -2.29. The number of nitrogens with one attached hydrogen (secondary N) is 1. The summed E-state index contributed by atoms with van der Waals surface area (Å²) in [5.41, 5.74) is 1.00. The molecule has 1 amide bonds. The highest BCUT2D eigenvalue weighted by Gasteiger charge is 2.35. The van der Waals surface area contributed by atoms with E-state index in [1.807, 2.05) is 18.2 Å². The quantitative estimate of drug-likeness (QED) is 0.485. The molecule has 0 saturated carbocycles. The van der Waals surface area contributed by atoms with E-state index >= 15 is 0 Å². The lowest BCUT2D eigenvalue weighted by molar-refractivity contribution is -0.116. The van der Waals surface area contributed by atoms with E-state index in [1.165, 1.54) is 16.4 Å². The molecule has 9 heteroatoms. The minimum Gasteiger partial charge on any atom is -0.325 e. The number of sulfonamides is 1. The molecule has 0 bridgehead atoms. The maximum Gasteiger partial charge on any atom is 0.265 e. The maximum absolute atomic E-state index is 12.9. The molecule has 0 atom stereocenters. The van der Waals surface area contributed by atoms with Crippen molar-refractivity contribution in [3.63, 3.8) is 0 Å². The summed E-state index contributed by atoms with van der Waals surface area (Å²) in [6.45, 7) is 0.193. The summed E-state index contributed by atoms with van der Waals surface area (Å²) in [7, 11) is -3.62. The molecular formula is C20H15Cl3N2O3S. The van der Waals surface area contributed by atoms with Crippen LogP contribution in [0, 0.1) is 0 Å². The molecule has 0 aromatic heterocycles. The highest BCUT2D eigenvalue weighted by atomic mass is 35.5. The van der Waals surface area contributed by atoms with Crippen LogP contribution in [-0.2, 0) is 14.8 Å². The van der Waals surface area contributed by atoms with Crippen molar-refractivity contribution < 1.29 is 13.2 Å². The van der Waals surface area contributed by atoms with Gasteiger partial charge < -0.3 is 5.32 Å². The number of anilines is 2. The number of hydrogen-bond acceptors (Lipinski definition) is 3. The van der Waals surface area contributed by atoms with Crippen molar-refractivity contribution >= 4 is 72.9 Å². The van der Waals surface area contributed by atoms with Gasteiger partial charge in [0.05, 0.1) is 31.3 Å². The van der Waals surface area contributed by atoms with Crippen LogP contribution in [0.5, 0.6) is 0 Å². The van der Waals surface area contributed by atoms with Crippen molar-refractivity contribution in [1.82, 2.24) is 0 Å². The number of carbonyl (C=O) groups excluding carboxylic acids is 1. The molecule has 0 saturated heterocycles. The number of benzene rings is 3. The van der Waals surface area contributed by atoms with Gasteiger partial charge in [-0.2, -0.15) is 0 Å². The Morgan fingerprint density at radius 2 is 1.66 bits per heavy atom. The first-order valence-electron chi connectivity index (χ1n) is 8.78. The summed E-state index contributed by atoms with van der Waals surface area (Å²) in [5, 5.41) is 5.12. The van der Waals surface area contributed by atoms with Crippen molar-refractivity contribution in [2.45, 2.75) is 17.7 Å². The molecule has 0 fully saturated rings. The van der Waals surface area contributed by atoms with Crippen LogP contribution < -0.4 is 9.62 Å². The van der Waals surface area contributed by atoms with E-state index in [4.69, 9.17) is 34.8 Å². The standard InChI is InChI=1S/C20H15Cl3N2O3S/c21-13-10-15(23)16(11-14(13)22)24-19(26)8-3-9-25-17-6-1-4-12-5-2-7-18(20(12)17)29(25,27)28/h1-2,4-7,10-11H,3,8-9H2,(H,24,26). The van der Waals surface area contributed by atoms with Crippen LogP contribution in [-0.4, -0.2) is 20.9 Å². The fourth-order valence-corrected chi connectivity index (χ4v) is 5.76. The van der Waals surface area contributed by atoms with E-state index in [0.29, 0.717) is 27.7 Å². The summed E-state index contributed by atoms with van der Waals surface area (Å²) < 4.78 is 27.2. The molecule has 0 radical (unpaired) electrons. The van der Waals surface area contributed by atoms with E-state index < -0.39 is 10.0 Å². The zero-order valence-electron chi connectivity index (χ0n) is 15.0. The number of halogens is 3. The van der Waals surface area contributed by atoms with Crippen molar-refractivity contribution in [3.05, 3.63) is 63.6 Å².